The van der Waals surface area contributed by atoms with Gasteiger partial charge in [-0.3, -0.25) is 4.99 Å². The predicted octanol–water partition coefficient (Wildman–Crippen LogP) is 2.29. The zero-order valence-electron chi connectivity index (χ0n) is 11.5. The molecule has 1 heterocycles. The van der Waals surface area contributed by atoms with Crippen LogP contribution >= 0.6 is 0 Å². The Balaban J connectivity index is 2.53. The summed E-state index contributed by atoms with van der Waals surface area (Å²) in [5.41, 5.74) is 0. The Bertz CT molecular complexity index is 233. The zero-order chi connectivity index (χ0) is 12.1. The Morgan fingerprint density at radius 3 is 2.62 bits per heavy atom. The maximum absolute atomic E-state index is 4.59. The van der Waals surface area contributed by atoms with E-state index in [1.807, 2.05) is 0 Å². The van der Waals surface area contributed by atoms with Crippen molar-refractivity contribution in [2.75, 3.05) is 33.7 Å². The smallest absolute Gasteiger partial charge is 0.196 e. The van der Waals surface area contributed by atoms with Gasteiger partial charge in [-0.25, -0.2) is 0 Å². The Hall–Kier alpha value is -0.730. The molecule has 1 atom stereocenters. The summed E-state index contributed by atoms with van der Waals surface area (Å²) in [5.74, 6) is 2.84. The molecule has 0 aromatic heterocycles. The molecule has 0 aliphatic carbocycles. The average molecular weight is 225 g/mol. The molecule has 1 unspecified atom stereocenters. The largest absolute Gasteiger partial charge is 0.349 e. The van der Waals surface area contributed by atoms with E-state index >= 15 is 0 Å². The molecule has 0 bridgehead atoms. The Morgan fingerprint density at radius 1 is 1.44 bits per heavy atom. The lowest BCUT2D eigenvalue weighted by Crippen LogP contribution is -2.39. The van der Waals surface area contributed by atoms with Crippen LogP contribution in [0.1, 0.15) is 33.6 Å². The molecule has 0 aromatic rings. The number of hydrogen-bond acceptors (Lipinski definition) is 1. The van der Waals surface area contributed by atoms with Crippen LogP contribution in [0.3, 0.4) is 0 Å². The van der Waals surface area contributed by atoms with Crippen molar-refractivity contribution in [3.05, 3.63) is 0 Å². The maximum Gasteiger partial charge on any atom is 0.196 e. The van der Waals surface area contributed by atoms with Gasteiger partial charge in [0.25, 0.3) is 0 Å². The average Bonchev–Trinajstić information content (AvgIpc) is 2.60. The van der Waals surface area contributed by atoms with Gasteiger partial charge in [0.2, 0.25) is 0 Å². The van der Waals surface area contributed by atoms with Crippen LogP contribution in [-0.4, -0.2) is 49.5 Å². The molecule has 3 heteroatoms. The van der Waals surface area contributed by atoms with Crippen LogP contribution < -0.4 is 0 Å². The van der Waals surface area contributed by atoms with Gasteiger partial charge in [0, 0.05) is 33.7 Å². The molecule has 16 heavy (non-hydrogen) atoms. The van der Waals surface area contributed by atoms with Crippen molar-refractivity contribution in [2.24, 2.45) is 16.8 Å². The highest BCUT2D eigenvalue weighted by molar-refractivity contribution is 5.79. The van der Waals surface area contributed by atoms with Crippen molar-refractivity contribution in [2.45, 2.75) is 33.6 Å². The fourth-order valence-corrected chi connectivity index (χ4v) is 2.54. The normalized spacial score (nSPS) is 22.0. The van der Waals surface area contributed by atoms with Crippen LogP contribution in [0, 0.1) is 11.8 Å². The number of nitrogens with zero attached hydrogens (tertiary/aromatic N) is 3. The molecule has 0 N–H and O–H groups in total. The number of hydrogen-bond donors (Lipinski definition) is 0. The van der Waals surface area contributed by atoms with E-state index < -0.39 is 0 Å². The van der Waals surface area contributed by atoms with Gasteiger partial charge in [-0.1, -0.05) is 13.8 Å². The van der Waals surface area contributed by atoms with E-state index in [0.29, 0.717) is 0 Å². The molecule has 1 aliphatic rings. The molecule has 0 saturated carbocycles. The quantitative estimate of drug-likeness (QED) is 0.542. The Labute approximate surface area is 101 Å². The minimum absolute atomic E-state index is 0.816. The van der Waals surface area contributed by atoms with Gasteiger partial charge < -0.3 is 9.80 Å². The van der Waals surface area contributed by atoms with Crippen molar-refractivity contribution >= 4 is 5.96 Å². The molecule has 94 valence electrons. The van der Waals surface area contributed by atoms with E-state index in [2.05, 4.69) is 49.7 Å². The molecular formula is C13H27N3. The fraction of sp³-hybridized carbons (Fsp3) is 0.923. The molecule has 0 radical (unpaired) electrons. The van der Waals surface area contributed by atoms with E-state index in [0.717, 1.165) is 24.3 Å². The lowest BCUT2D eigenvalue weighted by Gasteiger charge is -2.26. The van der Waals surface area contributed by atoms with Crippen LogP contribution in [0.25, 0.3) is 0 Å². The molecule has 0 aromatic carbocycles. The first kappa shape index (κ1) is 13.3. The highest BCUT2D eigenvalue weighted by atomic mass is 15.4. The highest BCUT2D eigenvalue weighted by Gasteiger charge is 2.26. The number of rotatable bonds is 3. The standard InChI is InChI=1S/C13H27N3/c1-6-14-13(15(4)5)16-8-7-12(10-16)9-11(2)3/h11-12H,6-10H2,1-5H3. The van der Waals surface area contributed by atoms with E-state index in [1.54, 1.807) is 0 Å². The van der Waals surface area contributed by atoms with Gasteiger partial charge >= 0.3 is 0 Å². The second-order valence-electron chi connectivity index (χ2n) is 5.40. The van der Waals surface area contributed by atoms with Crippen molar-refractivity contribution in [3.63, 3.8) is 0 Å². The first-order chi connectivity index (χ1) is 7.54. The Kier molecular flexibility index (Phi) is 5.10. The second kappa shape index (κ2) is 6.12. The summed E-state index contributed by atoms with van der Waals surface area (Å²) in [4.78, 5) is 9.17. The van der Waals surface area contributed by atoms with Crippen LogP contribution in [0.4, 0.5) is 0 Å². The first-order valence-corrected chi connectivity index (χ1v) is 6.51. The van der Waals surface area contributed by atoms with Gasteiger partial charge in [-0.05, 0) is 31.6 Å². The minimum atomic E-state index is 0.816. The highest BCUT2D eigenvalue weighted by Crippen LogP contribution is 2.23. The fourth-order valence-electron chi connectivity index (χ4n) is 2.54. The molecule has 1 fully saturated rings. The van der Waals surface area contributed by atoms with Crippen LogP contribution in [0.15, 0.2) is 4.99 Å². The molecule has 0 amide bonds. The number of aliphatic imine (C=N–C) groups is 1. The van der Waals surface area contributed by atoms with Crippen LogP contribution in [-0.2, 0) is 0 Å². The summed E-state index contributed by atoms with van der Waals surface area (Å²) >= 11 is 0. The topological polar surface area (TPSA) is 18.8 Å². The van der Waals surface area contributed by atoms with Gasteiger partial charge in [0.05, 0.1) is 0 Å². The van der Waals surface area contributed by atoms with E-state index in [-0.39, 0.29) is 0 Å². The summed E-state index contributed by atoms with van der Waals surface area (Å²) in [6.45, 7) is 9.97. The number of likely N-dealkylation sites (tertiary alicyclic amines) is 1. The second-order valence-corrected chi connectivity index (χ2v) is 5.40. The molecule has 3 nitrogen and oxygen atoms in total. The summed E-state index contributed by atoms with van der Waals surface area (Å²) in [5, 5.41) is 0. The molecular weight excluding hydrogens is 198 g/mol. The maximum atomic E-state index is 4.59. The SMILES string of the molecule is CCN=C(N(C)C)N1CCC(CC(C)C)C1. The Morgan fingerprint density at radius 2 is 2.12 bits per heavy atom. The minimum Gasteiger partial charge on any atom is -0.349 e. The molecule has 1 aliphatic heterocycles. The van der Waals surface area contributed by atoms with Gasteiger partial charge in [-0.2, -0.15) is 0 Å². The van der Waals surface area contributed by atoms with Crippen molar-refractivity contribution < 1.29 is 0 Å². The van der Waals surface area contributed by atoms with Gasteiger partial charge in [0.1, 0.15) is 0 Å². The third-order valence-corrected chi connectivity index (χ3v) is 3.07. The molecule has 0 spiro atoms. The zero-order valence-corrected chi connectivity index (χ0v) is 11.5. The lowest BCUT2D eigenvalue weighted by atomic mass is 9.97. The first-order valence-electron chi connectivity index (χ1n) is 6.51. The van der Waals surface area contributed by atoms with Crippen LogP contribution in [0.5, 0.6) is 0 Å². The molecule has 1 saturated heterocycles. The van der Waals surface area contributed by atoms with E-state index in [1.165, 1.54) is 25.9 Å². The summed E-state index contributed by atoms with van der Waals surface area (Å²) in [7, 11) is 4.18. The number of guanidine groups is 1. The van der Waals surface area contributed by atoms with Crippen molar-refractivity contribution in [3.8, 4) is 0 Å². The predicted molar refractivity (Wildman–Crippen MR) is 70.8 cm³/mol. The summed E-state index contributed by atoms with van der Waals surface area (Å²) < 4.78 is 0. The monoisotopic (exact) mass is 225 g/mol. The third-order valence-electron chi connectivity index (χ3n) is 3.07. The summed E-state index contributed by atoms with van der Waals surface area (Å²) in [6, 6.07) is 0. The van der Waals surface area contributed by atoms with Gasteiger partial charge in [-0.15, -0.1) is 0 Å². The van der Waals surface area contributed by atoms with E-state index in [4.69, 9.17) is 0 Å². The van der Waals surface area contributed by atoms with Gasteiger partial charge in [0.15, 0.2) is 5.96 Å². The third kappa shape index (κ3) is 3.69. The van der Waals surface area contributed by atoms with Crippen molar-refractivity contribution in [1.82, 2.24) is 9.80 Å². The lowest BCUT2D eigenvalue weighted by molar-refractivity contribution is 0.382. The van der Waals surface area contributed by atoms with Crippen molar-refractivity contribution in [1.29, 1.82) is 0 Å². The summed E-state index contributed by atoms with van der Waals surface area (Å²) in [6.07, 6.45) is 2.68. The molecule has 1 rings (SSSR count). The van der Waals surface area contributed by atoms with Crippen LogP contribution in [0.2, 0.25) is 0 Å². The van der Waals surface area contributed by atoms with E-state index in [9.17, 15) is 0 Å².